The van der Waals surface area contributed by atoms with Crippen molar-refractivity contribution in [3.8, 4) is 5.69 Å². The minimum atomic E-state index is -0.397. The summed E-state index contributed by atoms with van der Waals surface area (Å²) in [4.78, 5) is 4.20. The second-order valence-electron chi connectivity index (χ2n) is 4.21. The van der Waals surface area contributed by atoms with Crippen LogP contribution < -0.4 is 5.32 Å². The maximum atomic E-state index is 14.0. The Morgan fingerprint density at radius 3 is 2.65 bits per heavy atom. The molecular formula is C15H11ClFN3. The van der Waals surface area contributed by atoms with Crippen molar-refractivity contribution < 1.29 is 4.39 Å². The van der Waals surface area contributed by atoms with Gasteiger partial charge in [0.05, 0.1) is 5.69 Å². The van der Waals surface area contributed by atoms with E-state index >= 15 is 0 Å². The predicted molar refractivity (Wildman–Crippen MR) is 78.3 cm³/mol. The van der Waals surface area contributed by atoms with Crippen LogP contribution in [-0.2, 0) is 0 Å². The number of para-hydroxylation sites is 1. The Bertz CT molecular complexity index is 725. The van der Waals surface area contributed by atoms with Gasteiger partial charge in [0.2, 0.25) is 5.95 Å². The molecule has 0 saturated heterocycles. The molecule has 0 aliphatic carbocycles. The smallest absolute Gasteiger partial charge is 0.212 e. The quantitative estimate of drug-likeness (QED) is 0.773. The van der Waals surface area contributed by atoms with Gasteiger partial charge >= 0.3 is 0 Å². The molecule has 0 atom stereocenters. The topological polar surface area (TPSA) is 29.9 Å². The molecule has 0 radical (unpaired) electrons. The van der Waals surface area contributed by atoms with Crippen LogP contribution in [0.3, 0.4) is 0 Å². The van der Waals surface area contributed by atoms with Gasteiger partial charge in [0.1, 0.15) is 5.82 Å². The SMILES string of the molecule is Fc1cc(Cl)ccc1-n1ccnc1Nc1ccccc1. The molecule has 0 amide bonds. The Hall–Kier alpha value is -2.33. The molecule has 3 aromatic rings. The highest BCUT2D eigenvalue weighted by Gasteiger charge is 2.10. The number of rotatable bonds is 3. The number of anilines is 2. The fourth-order valence-corrected chi connectivity index (χ4v) is 2.08. The Labute approximate surface area is 120 Å². The summed E-state index contributed by atoms with van der Waals surface area (Å²) in [6.07, 6.45) is 3.30. The first kappa shape index (κ1) is 12.7. The Morgan fingerprint density at radius 1 is 1.10 bits per heavy atom. The summed E-state index contributed by atoms with van der Waals surface area (Å²) in [5, 5.41) is 3.51. The normalized spacial score (nSPS) is 10.5. The van der Waals surface area contributed by atoms with Crippen molar-refractivity contribution in [3.05, 3.63) is 71.8 Å². The van der Waals surface area contributed by atoms with Crippen LogP contribution in [0.15, 0.2) is 60.9 Å². The Kier molecular flexibility index (Phi) is 3.39. The lowest BCUT2D eigenvalue weighted by Crippen LogP contribution is -2.02. The third kappa shape index (κ3) is 2.51. The zero-order chi connectivity index (χ0) is 13.9. The van der Waals surface area contributed by atoms with Gasteiger partial charge in [0.25, 0.3) is 0 Å². The van der Waals surface area contributed by atoms with Crippen molar-refractivity contribution in [2.24, 2.45) is 0 Å². The standard InChI is InChI=1S/C15H11ClFN3/c16-11-6-7-14(13(17)10-11)20-9-8-18-15(20)19-12-4-2-1-3-5-12/h1-10H,(H,18,19). The molecule has 20 heavy (non-hydrogen) atoms. The summed E-state index contributed by atoms with van der Waals surface area (Å²) in [5.41, 5.74) is 1.28. The number of nitrogens with one attached hydrogen (secondary N) is 1. The van der Waals surface area contributed by atoms with Gasteiger partial charge < -0.3 is 5.32 Å². The van der Waals surface area contributed by atoms with E-state index in [-0.39, 0.29) is 0 Å². The average Bonchev–Trinajstić information content (AvgIpc) is 2.88. The second kappa shape index (κ2) is 5.35. The van der Waals surface area contributed by atoms with Crippen LogP contribution in [0.25, 0.3) is 5.69 Å². The van der Waals surface area contributed by atoms with E-state index < -0.39 is 5.82 Å². The summed E-state index contributed by atoms with van der Waals surface area (Å²) in [6, 6.07) is 14.1. The van der Waals surface area contributed by atoms with Crippen LogP contribution in [0.4, 0.5) is 16.0 Å². The monoisotopic (exact) mass is 287 g/mol. The van der Waals surface area contributed by atoms with Crippen LogP contribution in [0, 0.1) is 5.82 Å². The molecule has 0 bridgehead atoms. The van der Waals surface area contributed by atoms with E-state index in [1.165, 1.54) is 6.07 Å². The first-order chi connectivity index (χ1) is 9.74. The zero-order valence-electron chi connectivity index (χ0n) is 10.4. The molecule has 100 valence electrons. The highest BCUT2D eigenvalue weighted by Crippen LogP contribution is 2.23. The number of benzene rings is 2. The summed E-state index contributed by atoms with van der Waals surface area (Å²) < 4.78 is 15.6. The lowest BCUT2D eigenvalue weighted by molar-refractivity contribution is 0.619. The van der Waals surface area contributed by atoms with Crippen molar-refractivity contribution in [2.45, 2.75) is 0 Å². The third-order valence-corrected chi connectivity index (χ3v) is 3.08. The first-order valence-electron chi connectivity index (χ1n) is 6.05. The van der Waals surface area contributed by atoms with Crippen LogP contribution >= 0.6 is 11.6 Å². The summed E-state index contributed by atoms with van der Waals surface area (Å²) in [6.45, 7) is 0. The van der Waals surface area contributed by atoms with E-state index in [0.717, 1.165) is 5.69 Å². The number of nitrogens with zero attached hydrogens (tertiary/aromatic N) is 2. The molecule has 0 spiro atoms. The van der Waals surface area contributed by atoms with Crippen LogP contribution in [0.1, 0.15) is 0 Å². The fourth-order valence-electron chi connectivity index (χ4n) is 1.92. The van der Waals surface area contributed by atoms with Gasteiger partial charge in [-0.2, -0.15) is 0 Å². The molecule has 2 aromatic carbocycles. The molecule has 5 heteroatoms. The maximum absolute atomic E-state index is 14.0. The highest BCUT2D eigenvalue weighted by molar-refractivity contribution is 6.30. The molecule has 3 rings (SSSR count). The molecule has 0 saturated carbocycles. The minimum Gasteiger partial charge on any atom is -0.325 e. The molecule has 3 nitrogen and oxygen atoms in total. The van der Waals surface area contributed by atoms with Gasteiger partial charge in [0, 0.05) is 23.1 Å². The van der Waals surface area contributed by atoms with Crippen molar-refractivity contribution in [1.82, 2.24) is 9.55 Å². The maximum Gasteiger partial charge on any atom is 0.212 e. The van der Waals surface area contributed by atoms with Gasteiger partial charge in [0.15, 0.2) is 0 Å². The predicted octanol–water partition coefficient (Wildman–Crippen LogP) is 4.41. The van der Waals surface area contributed by atoms with Gasteiger partial charge in [-0.15, -0.1) is 0 Å². The van der Waals surface area contributed by atoms with Crippen LogP contribution in [0.5, 0.6) is 0 Å². The van der Waals surface area contributed by atoms with Crippen LogP contribution in [-0.4, -0.2) is 9.55 Å². The largest absolute Gasteiger partial charge is 0.325 e. The molecule has 0 unspecified atom stereocenters. The van der Waals surface area contributed by atoms with Gasteiger partial charge in [-0.1, -0.05) is 29.8 Å². The number of halogens is 2. The minimum absolute atomic E-state index is 0.365. The summed E-state index contributed by atoms with van der Waals surface area (Å²) >= 11 is 5.77. The summed E-state index contributed by atoms with van der Waals surface area (Å²) in [5.74, 6) is 0.143. The van der Waals surface area contributed by atoms with E-state index in [2.05, 4.69) is 10.3 Å². The molecule has 1 heterocycles. The van der Waals surface area contributed by atoms with Crippen molar-refractivity contribution in [3.63, 3.8) is 0 Å². The van der Waals surface area contributed by atoms with E-state index in [1.807, 2.05) is 30.3 Å². The first-order valence-corrected chi connectivity index (χ1v) is 6.43. The highest BCUT2D eigenvalue weighted by atomic mass is 35.5. The molecule has 0 aliphatic rings. The number of imidazole rings is 1. The Morgan fingerprint density at radius 2 is 1.90 bits per heavy atom. The fraction of sp³-hybridized carbons (Fsp3) is 0. The van der Waals surface area contributed by atoms with Gasteiger partial charge in [-0.25, -0.2) is 9.37 Å². The molecular weight excluding hydrogens is 277 g/mol. The number of hydrogen-bond acceptors (Lipinski definition) is 2. The van der Waals surface area contributed by atoms with E-state index in [0.29, 0.717) is 16.7 Å². The van der Waals surface area contributed by atoms with Crippen LogP contribution in [0.2, 0.25) is 5.02 Å². The summed E-state index contributed by atoms with van der Waals surface area (Å²) in [7, 11) is 0. The van der Waals surface area contributed by atoms with Crippen molar-refractivity contribution in [1.29, 1.82) is 0 Å². The zero-order valence-corrected chi connectivity index (χ0v) is 11.2. The molecule has 0 fully saturated rings. The molecule has 0 aliphatic heterocycles. The third-order valence-electron chi connectivity index (χ3n) is 2.84. The van der Waals surface area contributed by atoms with Gasteiger partial charge in [-0.3, -0.25) is 4.57 Å². The van der Waals surface area contributed by atoms with Crippen molar-refractivity contribution in [2.75, 3.05) is 5.32 Å². The van der Waals surface area contributed by atoms with Gasteiger partial charge in [-0.05, 0) is 30.3 Å². The molecule has 1 N–H and O–H groups in total. The van der Waals surface area contributed by atoms with E-state index in [9.17, 15) is 4.39 Å². The average molecular weight is 288 g/mol. The van der Waals surface area contributed by atoms with E-state index in [4.69, 9.17) is 11.6 Å². The second-order valence-corrected chi connectivity index (χ2v) is 4.64. The van der Waals surface area contributed by atoms with Crippen molar-refractivity contribution >= 4 is 23.2 Å². The number of aromatic nitrogens is 2. The Balaban J connectivity index is 1.98. The number of hydrogen-bond donors (Lipinski definition) is 1. The lowest BCUT2D eigenvalue weighted by atomic mass is 10.3. The van der Waals surface area contributed by atoms with E-state index in [1.54, 1.807) is 29.1 Å². The lowest BCUT2D eigenvalue weighted by Gasteiger charge is -2.10. The molecule has 1 aromatic heterocycles.